The smallest absolute Gasteiger partial charge is 0.308 e. The van der Waals surface area contributed by atoms with Crippen molar-refractivity contribution >= 4 is 5.97 Å². The van der Waals surface area contributed by atoms with Gasteiger partial charge in [0, 0.05) is 30.5 Å². The molecule has 3 nitrogen and oxygen atoms in total. The Balaban J connectivity index is 1.98. The molecule has 2 heterocycles. The number of nitrogens with zero attached hydrogens (tertiary/aromatic N) is 1. The van der Waals surface area contributed by atoms with E-state index in [1.54, 1.807) is 0 Å². The molecule has 3 heteroatoms. The Labute approximate surface area is 111 Å². The summed E-state index contributed by atoms with van der Waals surface area (Å²) in [5.74, 6) is -0.0492. The third-order valence-corrected chi connectivity index (χ3v) is 4.22. The average Bonchev–Trinajstić information content (AvgIpc) is 2.51. The highest BCUT2D eigenvalue weighted by molar-refractivity contribution is 5.71. The number of carbonyl (C=O) groups excluding carboxylic acids is 1. The highest BCUT2D eigenvalue weighted by Gasteiger charge is 2.46. The molecular formula is C15H27NO2. The van der Waals surface area contributed by atoms with Crippen LogP contribution < -0.4 is 0 Å². The molecule has 3 atom stereocenters. The summed E-state index contributed by atoms with van der Waals surface area (Å²) < 4.78 is 5.63. The fraction of sp³-hybridized carbons (Fsp3) is 0.933. The largest absolute Gasteiger partial charge is 0.462 e. The molecule has 0 aromatic carbocycles. The lowest BCUT2D eigenvalue weighted by Crippen LogP contribution is -2.54. The highest BCUT2D eigenvalue weighted by Crippen LogP contribution is 2.41. The van der Waals surface area contributed by atoms with Gasteiger partial charge in [0.1, 0.15) is 6.10 Å². The summed E-state index contributed by atoms with van der Waals surface area (Å²) in [7, 11) is 0. The maximum absolute atomic E-state index is 11.7. The number of carbonyl (C=O) groups is 1. The quantitative estimate of drug-likeness (QED) is 0.709. The Kier molecular flexibility index (Phi) is 3.72. The number of fused-ring (bicyclic) bond motifs is 2. The first-order chi connectivity index (χ1) is 8.29. The van der Waals surface area contributed by atoms with Gasteiger partial charge in [-0.1, -0.05) is 13.8 Å². The van der Waals surface area contributed by atoms with Crippen molar-refractivity contribution in [2.24, 2.45) is 5.92 Å². The van der Waals surface area contributed by atoms with E-state index in [-0.39, 0.29) is 23.5 Å². The highest BCUT2D eigenvalue weighted by atomic mass is 16.5. The summed E-state index contributed by atoms with van der Waals surface area (Å²) in [6, 6.07) is 1.21. The number of hydrogen-bond acceptors (Lipinski definition) is 3. The minimum absolute atomic E-state index is 0.0108. The van der Waals surface area contributed by atoms with Gasteiger partial charge in [-0.2, -0.15) is 0 Å². The third kappa shape index (κ3) is 2.71. The molecule has 1 unspecified atom stereocenters. The molecule has 0 aromatic heterocycles. The summed E-state index contributed by atoms with van der Waals surface area (Å²) in [5.41, 5.74) is 0.235. The molecule has 0 radical (unpaired) electrons. The van der Waals surface area contributed by atoms with Crippen LogP contribution in [-0.4, -0.2) is 34.6 Å². The van der Waals surface area contributed by atoms with E-state index in [2.05, 4.69) is 25.7 Å². The molecule has 2 rings (SSSR count). The Bertz CT molecular complexity index is 305. The van der Waals surface area contributed by atoms with Gasteiger partial charge < -0.3 is 4.74 Å². The van der Waals surface area contributed by atoms with Crippen LogP contribution in [0.1, 0.15) is 60.3 Å². The summed E-state index contributed by atoms with van der Waals surface area (Å²) in [5, 5.41) is 0. The van der Waals surface area contributed by atoms with Gasteiger partial charge in [-0.3, -0.25) is 9.69 Å². The van der Waals surface area contributed by atoms with E-state index in [0.717, 1.165) is 12.8 Å². The fourth-order valence-corrected chi connectivity index (χ4v) is 3.62. The van der Waals surface area contributed by atoms with Gasteiger partial charge >= 0.3 is 5.97 Å². The Morgan fingerprint density at radius 2 is 1.67 bits per heavy atom. The summed E-state index contributed by atoms with van der Waals surface area (Å²) >= 11 is 0. The second kappa shape index (κ2) is 4.84. The van der Waals surface area contributed by atoms with Crippen LogP contribution in [0.3, 0.4) is 0 Å². The van der Waals surface area contributed by atoms with Crippen LogP contribution in [-0.2, 0) is 9.53 Å². The van der Waals surface area contributed by atoms with Crippen molar-refractivity contribution in [3.8, 4) is 0 Å². The lowest BCUT2D eigenvalue weighted by atomic mass is 9.93. The first-order valence-corrected chi connectivity index (χ1v) is 7.28. The lowest BCUT2D eigenvalue weighted by molar-refractivity contribution is -0.157. The maximum atomic E-state index is 11.7. The van der Waals surface area contributed by atoms with Gasteiger partial charge in [0.05, 0.1) is 5.92 Å². The second-order valence-electron chi connectivity index (χ2n) is 7.15. The Morgan fingerprint density at radius 1 is 1.17 bits per heavy atom. The van der Waals surface area contributed by atoms with Gasteiger partial charge in [0.15, 0.2) is 0 Å². The van der Waals surface area contributed by atoms with Crippen molar-refractivity contribution in [3.63, 3.8) is 0 Å². The van der Waals surface area contributed by atoms with Gasteiger partial charge in [-0.15, -0.1) is 0 Å². The van der Waals surface area contributed by atoms with E-state index in [1.807, 2.05) is 13.8 Å². The standard InChI is InChI=1S/C15H27NO2/c1-10(2)14(17)18-13-8-11-6-7-12(9-13)16(11)15(3,4)5/h10-13H,6-9H2,1-5H3/t11-,12?,13+/m1/s1. The SMILES string of the molecule is CC(C)C(=O)O[C@@H]1CC2CC[C@H](C1)N2C(C)(C)C. The minimum atomic E-state index is -0.0383. The predicted molar refractivity (Wildman–Crippen MR) is 72.4 cm³/mol. The van der Waals surface area contributed by atoms with Crippen molar-refractivity contribution < 1.29 is 9.53 Å². The van der Waals surface area contributed by atoms with Crippen LogP contribution in [0.25, 0.3) is 0 Å². The molecule has 0 amide bonds. The van der Waals surface area contributed by atoms with Gasteiger partial charge in [0.25, 0.3) is 0 Å². The Morgan fingerprint density at radius 3 is 2.06 bits per heavy atom. The number of hydrogen-bond donors (Lipinski definition) is 0. The first kappa shape index (κ1) is 13.9. The minimum Gasteiger partial charge on any atom is -0.462 e. The zero-order valence-corrected chi connectivity index (χ0v) is 12.4. The third-order valence-electron chi connectivity index (χ3n) is 4.22. The second-order valence-corrected chi connectivity index (χ2v) is 7.15. The average molecular weight is 253 g/mol. The number of rotatable bonds is 2. The molecule has 2 aliphatic rings. The van der Waals surface area contributed by atoms with E-state index in [4.69, 9.17) is 4.74 Å². The molecule has 0 spiro atoms. The van der Waals surface area contributed by atoms with Crippen LogP contribution in [0.15, 0.2) is 0 Å². The number of ether oxygens (including phenoxy) is 1. The monoisotopic (exact) mass is 253 g/mol. The normalized spacial score (nSPS) is 32.9. The number of esters is 1. The van der Waals surface area contributed by atoms with E-state index in [1.165, 1.54) is 12.8 Å². The summed E-state index contributed by atoms with van der Waals surface area (Å²) in [6.07, 6.45) is 4.71. The van der Waals surface area contributed by atoms with Crippen LogP contribution >= 0.6 is 0 Å². The topological polar surface area (TPSA) is 29.5 Å². The first-order valence-electron chi connectivity index (χ1n) is 7.28. The van der Waals surface area contributed by atoms with Crippen molar-refractivity contribution in [2.75, 3.05) is 0 Å². The fourth-order valence-electron chi connectivity index (χ4n) is 3.62. The van der Waals surface area contributed by atoms with E-state index in [0.29, 0.717) is 12.1 Å². The van der Waals surface area contributed by atoms with Crippen LogP contribution in [0, 0.1) is 5.92 Å². The van der Waals surface area contributed by atoms with Gasteiger partial charge in [-0.05, 0) is 33.6 Å². The van der Waals surface area contributed by atoms with Gasteiger partial charge in [0.2, 0.25) is 0 Å². The van der Waals surface area contributed by atoms with Crippen molar-refractivity contribution in [2.45, 2.75) is 84.0 Å². The van der Waals surface area contributed by atoms with Crippen molar-refractivity contribution in [1.29, 1.82) is 0 Å². The van der Waals surface area contributed by atoms with Gasteiger partial charge in [-0.25, -0.2) is 0 Å². The molecule has 18 heavy (non-hydrogen) atoms. The van der Waals surface area contributed by atoms with E-state index >= 15 is 0 Å². The molecule has 0 aliphatic carbocycles. The molecule has 0 aromatic rings. The zero-order valence-electron chi connectivity index (χ0n) is 12.4. The van der Waals surface area contributed by atoms with Crippen LogP contribution in [0.2, 0.25) is 0 Å². The molecule has 0 saturated carbocycles. The van der Waals surface area contributed by atoms with Crippen LogP contribution in [0.5, 0.6) is 0 Å². The van der Waals surface area contributed by atoms with E-state index < -0.39 is 0 Å². The summed E-state index contributed by atoms with van der Waals surface area (Å²) in [6.45, 7) is 10.7. The van der Waals surface area contributed by atoms with Crippen LogP contribution in [0.4, 0.5) is 0 Å². The van der Waals surface area contributed by atoms with E-state index in [9.17, 15) is 4.79 Å². The molecule has 2 bridgehead atoms. The number of piperidine rings is 1. The summed E-state index contributed by atoms with van der Waals surface area (Å²) in [4.78, 5) is 14.3. The maximum Gasteiger partial charge on any atom is 0.308 e. The molecule has 2 saturated heterocycles. The molecule has 2 fully saturated rings. The zero-order chi connectivity index (χ0) is 13.5. The lowest BCUT2D eigenvalue weighted by Gasteiger charge is -2.46. The molecular weight excluding hydrogens is 226 g/mol. The van der Waals surface area contributed by atoms with Crippen molar-refractivity contribution in [3.05, 3.63) is 0 Å². The Hall–Kier alpha value is -0.570. The molecule has 0 N–H and O–H groups in total. The predicted octanol–water partition coefficient (Wildman–Crippen LogP) is 2.98. The van der Waals surface area contributed by atoms with Crippen molar-refractivity contribution in [1.82, 2.24) is 4.90 Å². The molecule has 2 aliphatic heterocycles. The molecule has 104 valence electrons.